The highest BCUT2D eigenvalue weighted by Crippen LogP contribution is 2.39. The third-order valence-corrected chi connectivity index (χ3v) is 3.60. The number of urea groups is 1. The van der Waals surface area contributed by atoms with Crippen molar-refractivity contribution in [1.82, 2.24) is 5.32 Å². The van der Waals surface area contributed by atoms with Crippen molar-refractivity contribution in [2.24, 2.45) is 0 Å². The van der Waals surface area contributed by atoms with Crippen molar-refractivity contribution in [3.05, 3.63) is 47.0 Å². The molecule has 0 radical (unpaired) electrons. The number of amides is 3. The molecule has 2 aromatic rings. The SMILES string of the molecule is CNC(=O)Nc1ccc(NC(=O)c2cc(Cl)c3c(c2)OCO3)cc1. The minimum Gasteiger partial charge on any atom is -0.454 e. The van der Waals surface area contributed by atoms with Crippen molar-refractivity contribution in [2.75, 3.05) is 24.5 Å². The Morgan fingerprint density at radius 1 is 1.04 bits per heavy atom. The fraction of sp³-hybridized carbons (Fsp3) is 0.125. The van der Waals surface area contributed by atoms with Gasteiger partial charge in [0.1, 0.15) is 0 Å². The average Bonchev–Trinajstić information content (AvgIpc) is 3.05. The Hall–Kier alpha value is -2.93. The Balaban J connectivity index is 1.71. The Morgan fingerprint density at radius 2 is 1.71 bits per heavy atom. The summed E-state index contributed by atoms with van der Waals surface area (Å²) in [5.41, 5.74) is 1.55. The molecule has 3 N–H and O–H groups in total. The summed E-state index contributed by atoms with van der Waals surface area (Å²) >= 11 is 6.07. The molecule has 0 saturated carbocycles. The van der Waals surface area contributed by atoms with Gasteiger partial charge < -0.3 is 25.4 Å². The highest BCUT2D eigenvalue weighted by molar-refractivity contribution is 6.32. The molecule has 0 spiro atoms. The zero-order chi connectivity index (χ0) is 17.1. The molecule has 0 unspecified atom stereocenters. The lowest BCUT2D eigenvalue weighted by Gasteiger charge is -2.09. The van der Waals surface area contributed by atoms with E-state index in [0.717, 1.165) is 0 Å². The molecule has 124 valence electrons. The number of benzene rings is 2. The number of halogens is 1. The van der Waals surface area contributed by atoms with Gasteiger partial charge in [-0.1, -0.05) is 11.6 Å². The molecule has 0 aromatic heterocycles. The normalized spacial score (nSPS) is 11.8. The van der Waals surface area contributed by atoms with Gasteiger partial charge in [0.05, 0.1) is 5.02 Å². The molecule has 3 rings (SSSR count). The Morgan fingerprint density at radius 3 is 2.38 bits per heavy atom. The van der Waals surface area contributed by atoms with Crippen LogP contribution in [0.25, 0.3) is 0 Å². The van der Waals surface area contributed by atoms with Crippen molar-refractivity contribution in [1.29, 1.82) is 0 Å². The fourth-order valence-corrected chi connectivity index (χ4v) is 2.40. The van der Waals surface area contributed by atoms with Crippen LogP contribution >= 0.6 is 11.6 Å². The van der Waals surface area contributed by atoms with E-state index in [2.05, 4.69) is 16.0 Å². The summed E-state index contributed by atoms with van der Waals surface area (Å²) in [5, 5.41) is 8.15. The van der Waals surface area contributed by atoms with E-state index >= 15 is 0 Å². The summed E-state index contributed by atoms with van der Waals surface area (Å²) in [5.74, 6) is 0.554. The smallest absolute Gasteiger partial charge is 0.318 e. The first kappa shape index (κ1) is 15.9. The number of anilines is 2. The second kappa shape index (κ2) is 6.67. The third-order valence-electron chi connectivity index (χ3n) is 3.32. The summed E-state index contributed by atoms with van der Waals surface area (Å²) in [7, 11) is 1.53. The summed E-state index contributed by atoms with van der Waals surface area (Å²) in [4.78, 5) is 23.6. The number of nitrogens with one attached hydrogen (secondary N) is 3. The highest BCUT2D eigenvalue weighted by Gasteiger charge is 2.20. The second-order valence-corrected chi connectivity index (χ2v) is 5.33. The summed E-state index contributed by atoms with van der Waals surface area (Å²) < 4.78 is 10.5. The van der Waals surface area contributed by atoms with Crippen LogP contribution in [-0.4, -0.2) is 25.8 Å². The minimum absolute atomic E-state index is 0.0833. The Kier molecular flexibility index (Phi) is 4.43. The van der Waals surface area contributed by atoms with Gasteiger partial charge in [-0.3, -0.25) is 4.79 Å². The first-order chi connectivity index (χ1) is 11.6. The van der Waals surface area contributed by atoms with Crippen molar-refractivity contribution in [3.63, 3.8) is 0 Å². The zero-order valence-electron chi connectivity index (χ0n) is 12.7. The zero-order valence-corrected chi connectivity index (χ0v) is 13.4. The van der Waals surface area contributed by atoms with E-state index in [4.69, 9.17) is 21.1 Å². The van der Waals surface area contributed by atoms with Crippen molar-refractivity contribution in [3.8, 4) is 11.5 Å². The first-order valence-electron chi connectivity index (χ1n) is 7.06. The van der Waals surface area contributed by atoms with E-state index in [0.29, 0.717) is 33.5 Å². The maximum absolute atomic E-state index is 12.3. The number of ether oxygens (including phenoxy) is 2. The van der Waals surface area contributed by atoms with Crippen molar-refractivity contribution >= 4 is 34.9 Å². The fourth-order valence-electron chi connectivity index (χ4n) is 2.13. The molecule has 0 aliphatic carbocycles. The van der Waals surface area contributed by atoms with Gasteiger partial charge in [0.2, 0.25) is 6.79 Å². The van der Waals surface area contributed by atoms with E-state index in [1.165, 1.54) is 13.1 Å². The Bertz CT molecular complexity index is 793. The predicted octanol–water partition coefficient (Wildman–Crippen LogP) is 3.07. The molecule has 8 heteroatoms. The number of hydrogen-bond donors (Lipinski definition) is 3. The van der Waals surface area contributed by atoms with E-state index in [1.807, 2.05) is 0 Å². The lowest BCUT2D eigenvalue weighted by molar-refractivity contribution is 0.102. The lowest BCUT2D eigenvalue weighted by Crippen LogP contribution is -2.24. The van der Waals surface area contributed by atoms with Gasteiger partial charge in [-0.15, -0.1) is 0 Å². The molecule has 1 aliphatic heterocycles. The summed E-state index contributed by atoms with van der Waals surface area (Å²) in [6.45, 7) is 0.0833. The molecule has 0 bridgehead atoms. The average molecular weight is 348 g/mol. The Labute approximate surface area is 142 Å². The van der Waals surface area contributed by atoms with Crippen molar-refractivity contribution < 1.29 is 19.1 Å². The van der Waals surface area contributed by atoms with Crippen LogP contribution in [0.15, 0.2) is 36.4 Å². The molecule has 3 amide bonds. The van der Waals surface area contributed by atoms with Gasteiger partial charge in [0.25, 0.3) is 5.91 Å². The van der Waals surface area contributed by atoms with Crippen LogP contribution in [0, 0.1) is 0 Å². The number of carbonyl (C=O) groups excluding carboxylic acids is 2. The summed E-state index contributed by atoms with van der Waals surface area (Å²) in [6, 6.07) is 9.49. The van der Waals surface area contributed by atoms with Crippen LogP contribution in [0.5, 0.6) is 11.5 Å². The largest absolute Gasteiger partial charge is 0.454 e. The van der Waals surface area contributed by atoms with Crippen LogP contribution in [0.4, 0.5) is 16.2 Å². The quantitative estimate of drug-likeness (QED) is 0.796. The first-order valence-corrected chi connectivity index (χ1v) is 7.44. The third kappa shape index (κ3) is 3.36. The molecule has 0 saturated heterocycles. The predicted molar refractivity (Wildman–Crippen MR) is 90.0 cm³/mol. The van der Waals surface area contributed by atoms with Gasteiger partial charge >= 0.3 is 6.03 Å². The minimum atomic E-state index is -0.331. The molecule has 1 heterocycles. The molecule has 2 aromatic carbocycles. The lowest BCUT2D eigenvalue weighted by atomic mass is 10.1. The molecule has 0 fully saturated rings. The van der Waals surface area contributed by atoms with Gasteiger partial charge in [0.15, 0.2) is 11.5 Å². The maximum atomic E-state index is 12.3. The van der Waals surface area contributed by atoms with Crippen LogP contribution in [-0.2, 0) is 0 Å². The van der Waals surface area contributed by atoms with Crippen LogP contribution in [0.1, 0.15) is 10.4 Å². The van der Waals surface area contributed by atoms with Gasteiger partial charge in [-0.2, -0.15) is 0 Å². The van der Waals surface area contributed by atoms with E-state index < -0.39 is 0 Å². The van der Waals surface area contributed by atoms with Gasteiger partial charge in [-0.25, -0.2) is 4.79 Å². The van der Waals surface area contributed by atoms with Crippen LogP contribution in [0.3, 0.4) is 0 Å². The molecular weight excluding hydrogens is 334 g/mol. The number of carbonyl (C=O) groups is 2. The maximum Gasteiger partial charge on any atom is 0.318 e. The molecular formula is C16H14ClN3O4. The summed E-state index contributed by atoms with van der Waals surface area (Å²) in [6.07, 6.45) is 0. The topological polar surface area (TPSA) is 88.7 Å². The van der Waals surface area contributed by atoms with Gasteiger partial charge in [0, 0.05) is 24.0 Å². The number of fused-ring (bicyclic) bond motifs is 1. The molecule has 0 atom stereocenters. The number of hydrogen-bond acceptors (Lipinski definition) is 4. The van der Waals surface area contributed by atoms with E-state index in [1.54, 1.807) is 30.3 Å². The monoisotopic (exact) mass is 347 g/mol. The van der Waals surface area contributed by atoms with Gasteiger partial charge in [-0.05, 0) is 36.4 Å². The molecule has 24 heavy (non-hydrogen) atoms. The highest BCUT2D eigenvalue weighted by atomic mass is 35.5. The van der Waals surface area contributed by atoms with Crippen LogP contribution in [0.2, 0.25) is 5.02 Å². The standard InChI is InChI=1S/C16H14ClN3O4/c1-18-16(22)20-11-4-2-10(3-5-11)19-15(21)9-6-12(17)14-13(7-9)23-8-24-14/h2-7H,8H2,1H3,(H,19,21)(H2,18,20,22). The van der Waals surface area contributed by atoms with E-state index in [9.17, 15) is 9.59 Å². The van der Waals surface area contributed by atoms with Crippen LogP contribution < -0.4 is 25.4 Å². The molecule has 1 aliphatic rings. The molecule has 7 nitrogen and oxygen atoms in total. The van der Waals surface area contributed by atoms with Crippen molar-refractivity contribution in [2.45, 2.75) is 0 Å². The van der Waals surface area contributed by atoms with E-state index in [-0.39, 0.29) is 18.7 Å². The second-order valence-electron chi connectivity index (χ2n) is 4.93. The number of rotatable bonds is 3.